The number of carbonyl (C=O) groups excluding carboxylic acids is 2. The summed E-state index contributed by atoms with van der Waals surface area (Å²) in [6, 6.07) is 12.8. The number of rotatable bonds is 7. The predicted molar refractivity (Wildman–Crippen MR) is 107 cm³/mol. The molecule has 0 saturated heterocycles. The lowest BCUT2D eigenvalue weighted by Gasteiger charge is -2.11. The Bertz CT molecular complexity index is 1030. The van der Waals surface area contributed by atoms with Crippen LogP contribution in [0.15, 0.2) is 60.9 Å². The van der Waals surface area contributed by atoms with Crippen LogP contribution in [0.25, 0.3) is 0 Å². The molecule has 0 aliphatic heterocycles. The van der Waals surface area contributed by atoms with Gasteiger partial charge in [0, 0.05) is 35.9 Å². The zero-order valence-corrected chi connectivity index (χ0v) is 15.7. The molecule has 0 unspecified atom stereocenters. The van der Waals surface area contributed by atoms with Crippen molar-refractivity contribution < 1.29 is 14.5 Å². The molecule has 9 nitrogen and oxygen atoms in total. The van der Waals surface area contributed by atoms with Crippen LogP contribution in [0.5, 0.6) is 0 Å². The summed E-state index contributed by atoms with van der Waals surface area (Å²) in [6.07, 6.45) is 3.40. The molecule has 0 atom stereocenters. The minimum absolute atomic E-state index is 0.0185. The fourth-order valence-corrected chi connectivity index (χ4v) is 2.74. The second kappa shape index (κ2) is 8.79. The van der Waals surface area contributed by atoms with Crippen LogP contribution in [0.1, 0.15) is 11.1 Å². The summed E-state index contributed by atoms with van der Waals surface area (Å²) < 4.78 is 1.53. The molecule has 0 fully saturated rings. The Hall–Kier alpha value is -4.01. The largest absolute Gasteiger partial charge is 0.326 e. The van der Waals surface area contributed by atoms with Gasteiger partial charge in [0.15, 0.2) is 0 Å². The van der Waals surface area contributed by atoms with E-state index >= 15 is 0 Å². The molecule has 0 bridgehead atoms. The molecule has 0 saturated carbocycles. The molecule has 29 heavy (non-hydrogen) atoms. The fourth-order valence-electron chi connectivity index (χ4n) is 2.74. The van der Waals surface area contributed by atoms with E-state index in [-0.39, 0.29) is 30.5 Å². The standard InChI is InChI=1S/C20H19N5O4/c1-14-11-16(5-8-18(14)23-20(27)13-24-10-2-9-21-24)22-19(26)12-15-3-6-17(7-4-15)25(28)29/h2-11H,12-13H2,1H3,(H,22,26)(H,23,27). The highest BCUT2D eigenvalue weighted by molar-refractivity contribution is 5.94. The van der Waals surface area contributed by atoms with E-state index in [1.807, 2.05) is 6.92 Å². The predicted octanol–water partition coefficient (Wildman–Crippen LogP) is 2.92. The van der Waals surface area contributed by atoms with Crippen molar-refractivity contribution >= 4 is 28.9 Å². The minimum atomic E-state index is -0.484. The molecule has 0 spiro atoms. The molecule has 1 aromatic heterocycles. The maximum absolute atomic E-state index is 12.2. The van der Waals surface area contributed by atoms with Crippen molar-refractivity contribution in [3.63, 3.8) is 0 Å². The zero-order chi connectivity index (χ0) is 20.8. The van der Waals surface area contributed by atoms with Gasteiger partial charge in [-0.05, 0) is 42.3 Å². The second-order valence-electron chi connectivity index (χ2n) is 6.43. The SMILES string of the molecule is Cc1cc(NC(=O)Cc2ccc([N+](=O)[O-])cc2)ccc1NC(=O)Cn1cccn1. The van der Waals surface area contributed by atoms with Gasteiger partial charge in [0.05, 0.1) is 11.3 Å². The van der Waals surface area contributed by atoms with Gasteiger partial charge in [-0.25, -0.2) is 0 Å². The number of non-ortho nitro benzene ring substituents is 1. The van der Waals surface area contributed by atoms with Crippen molar-refractivity contribution in [1.82, 2.24) is 9.78 Å². The highest BCUT2D eigenvalue weighted by Crippen LogP contribution is 2.20. The van der Waals surface area contributed by atoms with Crippen LogP contribution >= 0.6 is 0 Å². The van der Waals surface area contributed by atoms with Gasteiger partial charge >= 0.3 is 0 Å². The first kappa shape index (κ1) is 19.7. The number of nitro benzene ring substituents is 1. The van der Waals surface area contributed by atoms with E-state index < -0.39 is 4.92 Å². The van der Waals surface area contributed by atoms with Crippen LogP contribution in [0.2, 0.25) is 0 Å². The number of nitrogens with zero attached hydrogens (tertiary/aromatic N) is 3. The van der Waals surface area contributed by atoms with Crippen molar-refractivity contribution in [3.8, 4) is 0 Å². The fraction of sp³-hybridized carbons (Fsp3) is 0.150. The Kier molecular flexibility index (Phi) is 5.98. The maximum Gasteiger partial charge on any atom is 0.269 e. The Morgan fingerprint density at radius 1 is 1.10 bits per heavy atom. The van der Waals surface area contributed by atoms with Gasteiger partial charge in [0.2, 0.25) is 11.8 Å². The first-order valence-corrected chi connectivity index (χ1v) is 8.82. The smallest absolute Gasteiger partial charge is 0.269 e. The van der Waals surface area contributed by atoms with Crippen LogP contribution in [0.4, 0.5) is 17.1 Å². The number of hydrogen-bond acceptors (Lipinski definition) is 5. The molecule has 0 radical (unpaired) electrons. The maximum atomic E-state index is 12.2. The van der Waals surface area contributed by atoms with Crippen LogP contribution < -0.4 is 10.6 Å². The monoisotopic (exact) mass is 393 g/mol. The number of nitro groups is 1. The van der Waals surface area contributed by atoms with E-state index in [0.717, 1.165) is 5.56 Å². The van der Waals surface area contributed by atoms with Gasteiger partial charge in [-0.15, -0.1) is 0 Å². The van der Waals surface area contributed by atoms with E-state index in [2.05, 4.69) is 15.7 Å². The van der Waals surface area contributed by atoms with E-state index in [4.69, 9.17) is 0 Å². The highest BCUT2D eigenvalue weighted by Gasteiger charge is 2.10. The lowest BCUT2D eigenvalue weighted by Crippen LogP contribution is -2.19. The van der Waals surface area contributed by atoms with Gasteiger partial charge in [-0.3, -0.25) is 24.4 Å². The summed E-state index contributed by atoms with van der Waals surface area (Å²) in [7, 11) is 0. The number of amides is 2. The average Bonchev–Trinajstić information content (AvgIpc) is 3.17. The zero-order valence-electron chi connectivity index (χ0n) is 15.7. The molecule has 0 aliphatic carbocycles. The summed E-state index contributed by atoms with van der Waals surface area (Å²) in [4.78, 5) is 34.5. The molecular weight excluding hydrogens is 374 g/mol. The molecule has 9 heteroatoms. The van der Waals surface area contributed by atoms with Crippen LogP contribution in [0.3, 0.4) is 0 Å². The van der Waals surface area contributed by atoms with Gasteiger partial charge in [-0.1, -0.05) is 12.1 Å². The summed E-state index contributed by atoms with van der Waals surface area (Å²) >= 11 is 0. The topological polar surface area (TPSA) is 119 Å². The molecular formula is C20H19N5O4. The van der Waals surface area contributed by atoms with Gasteiger partial charge in [0.1, 0.15) is 6.54 Å². The molecule has 2 amide bonds. The molecule has 3 rings (SSSR count). The molecule has 2 aromatic carbocycles. The first-order chi connectivity index (χ1) is 13.9. The Labute approximate surface area is 166 Å². The number of benzene rings is 2. The third-order valence-electron chi connectivity index (χ3n) is 4.16. The highest BCUT2D eigenvalue weighted by atomic mass is 16.6. The number of anilines is 2. The van der Waals surface area contributed by atoms with E-state index in [0.29, 0.717) is 16.9 Å². The van der Waals surface area contributed by atoms with Gasteiger partial charge in [-0.2, -0.15) is 5.10 Å². The van der Waals surface area contributed by atoms with Crippen molar-refractivity contribution in [3.05, 3.63) is 82.2 Å². The van der Waals surface area contributed by atoms with E-state index in [1.54, 1.807) is 48.8 Å². The molecule has 2 N–H and O–H groups in total. The lowest BCUT2D eigenvalue weighted by atomic mass is 10.1. The summed E-state index contributed by atoms with van der Waals surface area (Å²) in [6.45, 7) is 1.94. The molecule has 1 heterocycles. The van der Waals surface area contributed by atoms with Crippen molar-refractivity contribution in [2.45, 2.75) is 19.9 Å². The van der Waals surface area contributed by atoms with Gasteiger partial charge in [0.25, 0.3) is 5.69 Å². The normalized spacial score (nSPS) is 10.4. The van der Waals surface area contributed by atoms with Crippen LogP contribution in [-0.4, -0.2) is 26.5 Å². The summed E-state index contributed by atoms with van der Waals surface area (Å²) in [5.41, 5.74) is 2.70. The van der Waals surface area contributed by atoms with E-state index in [9.17, 15) is 19.7 Å². The molecule has 0 aliphatic rings. The number of hydrogen-bond donors (Lipinski definition) is 2. The quantitative estimate of drug-likeness (QED) is 0.472. The third kappa shape index (κ3) is 5.48. The first-order valence-electron chi connectivity index (χ1n) is 8.82. The van der Waals surface area contributed by atoms with Crippen molar-refractivity contribution in [2.75, 3.05) is 10.6 Å². The summed E-state index contributed by atoms with van der Waals surface area (Å²) in [5, 5.41) is 20.3. The minimum Gasteiger partial charge on any atom is -0.326 e. The third-order valence-corrected chi connectivity index (χ3v) is 4.16. The lowest BCUT2D eigenvalue weighted by molar-refractivity contribution is -0.384. The van der Waals surface area contributed by atoms with Gasteiger partial charge < -0.3 is 10.6 Å². The number of aryl methyl sites for hydroxylation is 1. The average molecular weight is 393 g/mol. The summed E-state index contributed by atoms with van der Waals surface area (Å²) in [5.74, 6) is -0.444. The van der Waals surface area contributed by atoms with E-state index in [1.165, 1.54) is 16.8 Å². The second-order valence-corrected chi connectivity index (χ2v) is 6.43. The molecule has 3 aromatic rings. The Morgan fingerprint density at radius 3 is 2.48 bits per heavy atom. The van der Waals surface area contributed by atoms with Crippen LogP contribution in [-0.2, 0) is 22.6 Å². The Balaban J connectivity index is 1.57. The number of aromatic nitrogens is 2. The number of nitrogens with one attached hydrogen (secondary N) is 2. The number of carbonyl (C=O) groups is 2. The molecule has 148 valence electrons. The Morgan fingerprint density at radius 2 is 1.86 bits per heavy atom. The van der Waals surface area contributed by atoms with Crippen molar-refractivity contribution in [1.29, 1.82) is 0 Å². The van der Waals surface area contributed by atoms with Crippen LogP contribution in [0, 0.1) is 17.0 Å². The van der Waals surface area contributed by atoms with Crippen molar-refractivity contribution in [2.24, 2.45) is 0 Å².